The average Bonchev–Trinajstić information content (AvgIpc) is 2.77. The molecule has 0 atom stereocenters. The van der Waals surface area contributed by atoms with E-state index in [4.69, 9.17) is 0 Å². The summed E-state index contributed by atoms with van der Waals surface area (Å²) < 4.78 is 1.91. The van der Waals surface area contributed by atoms with Gasteiger partial charge in [-0.15, -0.1) is 10.2 Å². The molecule has 0 spiro atoms. The summed E-state index contributed by atoms with van der Waals surface area (Å²) in [6, 6.07) is 0. The molecular weight excluding hydrogens is 230 g/mol. The number of nitrogens with one attached hydrogen (secondary N) is 2. The molecule has 2 N–H and O–H groups in total. The van der Waals surface area contributed by atoms with Crippen molar-refractivity contribution in [3.05, 3.63) is 23.9 Å². The van der Waals surface area contributed by atoms with Crippen LogP contribution in [0.5, 0.6) is 0 Å². The molecule has 0 fully saturated rings. The normalized spacial score (nSPS) is 10.4. The van der Waals surface area contributed by atoms with Crippen LogP contribution in [0.3, 0.4) is 0 Å². The highest BCUT2D eigenvalue weighted by Crippen LogP contribution is 2.11. The van der Waals surface area contributed by atoms with Gasteiger partial charge in [-0.25, -0.2) is 4.98 Å². The fourth-order valence-electron chi connectivity index (χ4n) is 1.57. The van der Waals surface area contributed by atoms with Crippen molar-refractivity contribution in [3.63, 3.8) is 0 Å². The Balaban J connectivity index is 1.96. The highest BCUT2D eigenvalue weighted by Gasteiger charge is 2.04. The molecule has 0 aromatic carbocycles. The standard InChI is InChI=1S/C11H17N7/c1-8-6-14-11(12-2)16-10(8)13-5-4-9-17-15-7-18(9)3/h6-7H,4-5H2,1-3H3,(H2,12,13,14,16). The van der Waals surface area contributed by atoms with E-state index in [9.17, 15) is 0 Å². The fourth-order valence-corrected chi connectivity index (χ4v) is 1.57. The van der Waals surface area contributed by atoms with Crippen LogP contribution in [0.25, 0.3) is 0 Å². The Bertz CT molecular complexity index is 520. The van der Waals surface area contributed by atoms with Gasteiger partial charge in [-0.05, 0) is 6.92 Å². The van der Waals surface area contributed by atoms with E-state index in [1.54, 1.807) is 19.6 Å². The lowest BCUT2D eigenvalue weighted by Crippen LogP contribution is -2.11. The maximum absolute atomic E-state index is 4.36. The molecule has 2 rings (SSSR count). The van der Waals surface area contributed by atoms with Crippen molar-refractivity contribution in [2.45, 2.75) is 13.3 Å². The number of aromatic nitrogens is 5. The molecule has 0 aliphatic heterocycles. The molecule has 0 radical (unpaired) electrons. The summed E-state index contributed by atoms with van der Waals surface area (Å²) in [6.07, 6.45) is 4.29. The van der Waals surface area contributed by atoms with Gasteiger partial charge in [0, 0.05) is 38.8 Å². The lowest BCUT2D eigenvalue weighted by molar-refractivity contribution is 0.787. The number of nitrogens with zero attached hydrogens (tertiary/aromatic N) is 5. The summed E-state index contributed by atoms with van der Waals surface area (Å²) in [5, 5.41) is 14.1. The maximum Gasteiger partial charge on any atom is 0.224 e. The molecule has 18 heavy (non-hydrogen) atoms. The third-order valence-electron chi connectivity index (χ3n) is 2.64. The van der Waals surface area contributed by atoms with Crippen molar-refractivity contribution >= 4 is 11.8 Å². The minimum Gasteiger partial charge on any atom is -0.369 e. The molecule has 7 heteroatoms. The van der Waals surface area contributed by atoms with Crippen LogP contribution in [0, 0.1) is 6.92 Å². The summed E-state index contributed by atoms with van der Waals surface area (Å²) in [4.78, 5) is 8.50. The lowest BCUT2D eigenvalue weighted by Gasteiger charge is -2.09. The first kappa shape index (κ1) is 12.3. The van der Waals surface area contributed by atoms with E-state index in [1.807, 2.05) is 18.5 Å². The molecule has 0 aliphatic rings. The summed E-state index contributed by atoms with van der Waals surface area (Å²) >= 11 is 0. The lowest BCUT2D eigenvalue weighted by atomic mass is 10.3. The van der Waals surface area contributed by atoms with Gasteiger partial charge in [0.15, 0.2) is 0 Å². The molecule has 0 saturated carbocycles. The zero-order valence-corrected chi connectivity index (χ0v) is 10.8. The fraction of sp³-hybridized carbons (Fsp3) is 0.455. The van der Waals surface area contributed by atoms with Gasteiger partial charge in [0.25, 0.3) is 0 Å². The first-order valence-corrected chi connectivity index (χ1v) is 5.79. The predicted octanol–water partition coefficient (Wildman–Crippen LogP) is 0.610. The first-order chi connectivity index (χ1) is 8.70. The average molecular weight is 247 g/mol. The van der Waals surface area contributed by atoms with Crippen molar-refractivity contribution < 1.29 is 0 Å². The number of hydrogen-bond donors (Lipinski definition) is 2. The number of anilines is 2. The quantitative estimate of drug-likeness (QED) is 0.805. The monoisotopic (exact) mass is 247 g/mol. The van der Waals surface area contributed by atoms with Crippen LogP contribution in [0.2, 0.25) is 0 Å². The van der Waals surface area contributed by atoms with Gasteiger partial charge in [0.2, 0.25) is 5.95 Å². The smallest absolute Gasteiger partial charge is 0.224 e. The van der Waals surface area contributed by atoms with Gasteiger partial charge in [-0.3, -0.25) is 0 Å². The van der Waals surface area contributed by atoms with Gasteiger partial charge in [0.1, 0.15) is 18.0 Å². The Morgan fingerprint density at radius 1 is 1.39 bits per heavy atom. The summed E-state index contributed by atoms with van der Waals surface area (Å²) in [5.74, 6) is 2.40. The van der Waals surface area contributed by atoms with E-state index in [0.29, 0.717) is 5.95 Å². The van der Waals surface area contributed by atoms with Crippen LogP contribution in [-0.2, 0) is 13.5 Å². The predicted molar refractivity (Wildman–Crippen MR) is 69.5 cm³/mol. The topological polar surface area (TPSA) is 80.5 Å². The maximum atomic E-state index is 4.36. The second-order valence-corrected chi connectivity index (χ2v) is 4.01. The van der Waals surface area contributed by atoms with E-state index in [2.05, 4.69) is 30.8 Å². The van der Waals surface area contributed by atoms with Gasteiger partial charge >= 0.3 is 0 Å². The van der Waals surface area contributed by atoms with Gasteiger partial charge < -0.3 is 15.2 Å². The van der Waals surface area contributed by atoms with Gasteiger partial charge in [-0.2, -0.15) is 4.98 Å². The second kappa shape index (κ2) is 5.44. The molecular formula is C11H17N7. The summed E-state index contributed by atoms with van der Waals surface area (Å²) in [5.41, 5.74) is 1.02. The molecule has 96 valence electrons. The van der Waals surface area contributed by atoms with Crippen LogP contribution in [0.1, 0.15) is 11.4 Å². The largest absolute Gasteiger partial charge is 0.369 e. The van der Waals surface area contributed by atoms with E-state index < -0.39 is 0 Å². The molecule has 0 aliphatic carbocycles. The van der Waals surface area contributed by atoms with Crippen molar-refractivity contribution in [2.24, 2.45) is 7.05 Å². The number of hydrogen-bond acceptors (Lipinski definition) is 6. The number of aryl methyl sites for hydroxylation is 2. The Morgan fingerprint density at radius 3 is 2.89 bits per heavy atom. The Kier molecular flexibility index (Phi) is 3.71. The van der Waals surface area contributed by atoms with Crippen LogP contribution < -0.4 is 10.6 Å². The minimum atomic E-state index is 0.613. The van der Waals surface area contributed by atoms with Crippen LogP contribution in [0.4, 0.5) is 11.8 Å². The van der Waals surface area contributed by atoms with E-state index >= 15 is 0 Å². The SMILES string of the molecule is CNc1ncc(C)c(NCCc2nncn2C)n1. The molecule has 2 heterocycles. The van der Waals surface area contributed by atoms with E-state index in [1.165, 1.54) is 0 Å². The summed E-state index contributed by atoms with van der Waals surface area (Å²) in [7, 11) is 3.73. The van der Waals surface area contributed by atoms with Crippen molar-refractivity contribution in [1.82, 2.24) is 24.7 Å². The zero-order chi connectivity index (χ0) is 13.0. The van der Waals surface area contributed by atoms with E-state index in [-0.39, 0.29) is 0 Å². The van der Waals surface area contributed by atoms with Gasteiger partial charge in [0.05, 0.1) is 0 Å². The third kappa shape index (κ3) is 2.73. The highest BCUT2D eigenvalue weighted by molar-refractivity contribution is 5.46. The van der Waals surface area contributed by atoms with Crippen LogP contribution >= 0.6 is 0 Å². The zero-order valence-electron chi connectivity index (χ0n) is 10.8. The molecule has 2 aromatic heterocycles. The van der Waals surface area contributed by atoms with E-state index in [0.717, 1.165) is 30.2 Å². The second-order valence-electron chi connectivity index (χ2n) is 4.01. The Hall–Kier alpha value is -2.18. The minimum absolute atomic E-state index is 0.613. The first-order valence-electron chi connectivity index (χ1n) is 5.79. The molecule has 2 aromatic rings. The summed E-state index contributed by atoms with van der Waals surface area (Å²) in [6.45, 7) is 2.73. The molecule has 0 bridgehead atoms. The van der Waals surface area contributed by atoms with Crippen LogP contribution in [0.15, 0.2) is 12.5 Å². The molecule has 7 nitrogen and oxygen atoms in total. The Labute approximate surface area is 106 Å². The highest BCUT2D eigenvalue weighted by atomic mass is 15.2. The molecule has 0 amide bonds. The van der Waals surface area contributed by atoms with Crippen molar-refractivity contribution in [2.75, 3.05) is 24.2 Å². The van der Waals surface area contributed by atoms with Crippen molar-refractivity contribution in [1.29, 1.82) is 0 Å². The molecule has 0 unspecified atom stereocenters. The molecule has 0 saturated heterocycles. The van der Waals surface area contributed by atoms with Gasteiger partial charge in [-0.1, -0.05) is 0 Å². The van der Waals surface area contributed by atoms with Crippen molar-refractivity contribution in [3.8, 4) is 0 Å². The Morgan fingerprint density at radius 2 is 2.22 bits per heavy atom. The van der Waals surface area contributed by atoms with Crippen LogP contribution in [-0.4, -0.2) is 38.3 Å². The third-order valence-corrected chi connectivity index (χ3v) is 2.64. The number of rotatable bonds is 5.